The van der Waals surface area contributed by atoms with Crippen molar-refractivity contribution in [1.82, 2.24) is 10.6 Å². The van der Waals surface area contributed by atoms with Crippen LogP contribution in [0.5, 0.6) is 0 Å². The van der Waals surface area contributed by atoms with E-state index in [9.17, 15) is 9.59 Å². The zero-order chi connectivity index (χ0) is 31.6. The van der Waals surface area contributed by atoms with Crippen molar-refractivity contribution in [1.29, 1.82) is 0 Å². The van der Waals surface area contributed by atoms with Crippen molar-refractivity contribution in [2.24, 2.45) is 21.8 Å². The number of hydrogen-bond donors (Lipinski definition) is 4. The second-order valence-electron chi connectivity index (χ2n) is 11.9. The first kappa shape index (κ1) is 35.0. The molecule has 2 aliphatic heterocycles. The molecule has 46 heavy (non-hydrogen) atoms. The number of aliphatic imine (C=N–C) groups is 2. The molecule has 2 aliphatic rings. The highest BCUT2D eigenvalue weighted by atomic mass is 35.5. The van der Waals surface area contributed by atoms with Gasteiger partial charge in [0.25, 0.3) is 11.8 Å². The Morgan fingerprint density at radius 2 is 1.22 bits per heavy atom. The Kier molecular flexibility index (Phi) is 13.0. The first-order valence-corrected chi connectivity index (χ1v) is 16.5. The van der Waals surface area contributed by atoms with Gasteiger partial charge < -0.3 is 21.3 Å². The lowest BCUT2D eigenvalue weighted by Crippen LogP contribution is -2.36. The molecule has 2 heterocycles. The lowest BCUT2D eigenvalue weighted by Gasteiger charge is -2.23. The zero-order valence-corrected chi connectivity index (χ0v) is 28.1. The number of carbonyl (C=O) groups excluding carboxylic acids is 2. The largest absolute Gasteiger partial charge is 0.370 e. The van der Waals surface area contributed by atoms with E-state index in [-0.39, 0.29) is 34.8 Å². The van der Waals surface area contributed by atoms with Gasteiger partial charge in [-0.3, -0.25) is 19.6 Å². The number of halogens is 2. The molecule has 10 heteroatoms. The summed E-state index contributed by atoms with van der Waals surface area (Å²) in [5.41, 5.74) is 3.93. The van der Waals surface area contributed by atoms with Crippen molar-refractivity contribution >= 4 is 58.9 Å². The second kappa shape index (κ2) is 17.2. The van der Waals surface area contributed by atoms with Crippen molar-refractivity contribution in [3.8, 4) is 0 Å². The van der Waals surface area contributed by atoms with Crippen LogP contribution in [0.4, 0.5) is 11.4 Å². The molecule has 3 aromatic carbocycles. The molecular formula is C36H44Cl2N6O2. The summed E-state index contributed by atoms with van der Waals surface area (Å²) in [4.78, 5) is 35.4. The third-order valence-electron chi connectivity index (χ3n) is 8.37. The maximum atomic E-state index is 13.0. The molecular weight excluding hydrogens is 619 g/mol. The molecule has 5 rings (SSSR count). The van der Waals surface area contributed by atoms with Gasteiger partial charge in [-0.25, -0.2) is 0 Å². The van der Waals surface area contributed by atoms with Gasteiger partial charge in [0.1, 0.15) is 11.7 Å². The standard InChI is InChI=1S/C36H43ClN6O2.ClH/c1-3-5-7-24-20-38-33(39-21-24)26-9-14-29(15-10-26)42-35(44)28-13-18-31(32(37)19-28)36(45)43-30-16-11-27(12-17-30)34-40-22-25(23-41-34)8-6-4-2;/h9-19,24-25H,3-8,20-23H2,1-2H3,(H,38,39)(H,40,41)(H,42,44)(H,43,45);1H. The minimum atomic E-state index is -0.349. The maximum Gasteiger partial charge on any atom is 0.257 e. The van der Waals surface area contributed by atoms with Crippen molar-refractivity contribution in [3.05, 3.63) is 94.0 Å². The van der Waals surface area contributed by atoms with E-state index in [1.807, 2.05) is 48.5 Å². The molecule has 244 valence electrons. The highest BCUT2D eigenvalue weighted by molar-refractivity contribution is 6.35. The summed E-state index contributed by atoms with van der Waals surface area (Å²) in [6, 6.07) is 19.9. The lowest BCUT2D eigenvalue weighted by atomic mass is 10.0. The molecule has 4 N–H and O–H groups in total. The van der Waals surface area contributed by atoms with E-state index in [0.717, 1.165) is 49.0 Å². The Morgan fingerprint density at radius 1 is 0.739 bits per heavy atom. The fraction of sp³-hybridized carbons (Fsp3) is 0.389. The Labute approximate surface area is 283 Å². The van der Waals surface area contributed by atoms with Crippen LogP contribution in [0.1, 0.15) is 84.2 Å². The lowest BCUT2D eigenvalue weighted by molar-refractivity contribution is 0.101. The van der Waals surface area contributed by atoms with Crippen LogP contribution in [0, 0.1) is 11.8 Å². The van der Waals surface area contributed by atoms with Gasteiger partial charge in [-0.1, -0.05) is 51.1 Å². The van der Waals surface area contributed by atoms with Gasteiger partial charge in [-0.05, 0) is 91.4 Å². The monoisotopic (exact) mass is 662 g/mol. The summed E-state index contributed by atoms with van der Waals surface area (Å²) in [6.45, 7) is 7.98. The number of amidine groups is 2. The van der Waals surface area contributed by atoms with E-state index in [1.165, 1.54) is 44.6 Å². The number of rotatable bonds is 12. The molecule has 0 aliphatic carbocycles. The number of nitrogens with one attached hydrogen (secondary N) is 4. The summed E-state index contributed by atoms with van der Waals surface area (Å²) >= 11 is 6.47. The van der Waals surface area contributed by atoms with Crippen LogP contribution in [0.2, 0.25) is 5.02 Å². The fourth-order valence-electron chi connectivity index (χ4n) is 5.59. The van der Waals surface area contributed by atoms with Crippen LogP contribution < -0.4 is 21.3 Å². The van der Waals surface area contributed by atoms with Gasteiger partial charge in [-0.2, -0.15) is 0 Å². The van der Waals surface area contributed by atoms with Crippen LogP contribution in [0.3, 0.4) is 0 Å². The summed E-state index contributed by atoms with van der Waals surface area (Å²) in [5.74, 6) is 2.30. The predicted octanol–water partition coefficient (Wildman–Crippen LogP) is 7.58. The molecule has 3 aromatic rings. The smallest absolute Gasteiger partial charge is 0.257 e. The van der Waals surface area contributed by atoms with E-state index in [2.05, 4.69) is 35.1 Å². The van der Waals surface area contributed by atoms with Crippen molar-refractivity contribution in [3.63, 3.8) is 0 Å². The number of anilines is 2. The average Bonchev–Trinajstić information content (AvgIpc) is 3.07. The highest BCUT2D eigenvalue weighted by Crippen LogP contribution is 2.22. The van der Waals surface area contributed by atoms with Crippen molar-refractivity contribution in [2.75, 3.05) is 36.8 Å². The number of hydrogen-bond acceptors (Lipinski definition) is 6. The molecule has 2 unspecified atom stereocenters. The minimum absolute atomic E-state index is 0. The van der Waals surface area contributed by atoms with Gasteiger partial charge in [-0.15, -0.1) is 12.4 Å². The van der Waals surface area contributed by atoms with Gasteiger partial charge in [0, 0.05) is 54.2 Å². The highest BCUT2D eigenvalue weighted by Gasteiger charge is 2.18. The average molecular weight is 664 g/mol. The van der Waals surface area contributed by atoms with Crippen LogP contribution in [-0.4, -0.2) is 49.7 Å². The quantitative estimate of drug-likeness (QED) is 0.160. The predicted molar refractivity (Wildman–Crippen MR) is 192 cm³/mol. The third-order valence-corrected chi connectivity index (χ3v) is 8.68. The molecule has 0 saturated carbocycles. The van der Waals surface area contributed by atoms with Crippen molar-refractivity contribution in [2.45, 2.75) is 52.4 Å². The molecule has 0 bridgehead atoms. The number of benzene rings is 3. The van der Waals surface area contributed by atoms with E-state index in [0.29, 0.717) is 28.8 Å². The first-order chi connectivity index (χ1) is 21.9. The Bertz CT molecular complexity index is 1540. The van der Waals surface area contributed by atoms with Gasteiger partial charge in [0.2, 0.25) is 0 Å². The number of nitrogens with zero attached hydrogens (tertiary/aromatic N) is 2. The summed E-state index contributed by atoms with van der Waals surface area (Å²) in [7, 11) is 0. The van der Waals surface area contributed by atoms with Crippen molar-refractivity contribution < 1.29 is 9.59 Å². The second-order valence-corrected chi connectivity index (χ2v) is 12.3. The summed E-state index contributed by atoms with van der Waals surface area (Å²) in [5, 5.41) is 12.9. The first-order valence-electron chi connectivity index (χ1n) is 16.1. The molecule has 8 nitrogen and oxygen atoms in total. The summed E-state index contributed by atoms with van der Waals surface area (Å²) < 4.78 is 0. The normalized spacial score (nSPS) is 17.4. The topological polar surface area (TPSA) is 107 Å². The third kappa shape index (κ3) is 9.33. The Balaban J connectivity index is 0.00000480. The molecule has 0 aromatic heterocycles. The fourth-order valence-corrected chi connectivity index (χ4v) is 5.85. The molecule has 0 spiro atoms. The zero-order valence-electron chi connectivity index (χ0n) is 26.6. The number of carbonyl (C=O) groups is 2. The molecule has 2 atom stereocenters. The maximum absolute atomic E-state index is 13.0. The van der Waals surface area contributed by atoms with Gasteiger partial charge in [0.15, 0.2) is 0 Å². The Hall–Kier alpha value is -3.88. The van der Waals surface area contributed by atoms with Crippen LogP contribution in [0.25, 0.3) is 0 Å². The number of amides is 2. The van der Waals surface area contributed by atoms with Crippen LogP contribution >= 0.6 is 24.0 Å². The number of unbranched alkanes of at least 4 members (excludes halogenated alkanes) is 2. The van der Waals surface area contributed by atoms with E-state index >= 15 is 0 Å². The molecule has 0 saturated heterocycles. The van der Waals surface area contributed by atoms with Crippen LogP contribution in [0.15, 0.2) is 76.7 Å². The molecule has 0 fully saturated rings. The molecule has 0 radical (unpaired) electrons. The van der Waals surface area contributed by atoms with E-state index in [1.54, 1.807) is 12.1 Å². The van der Waals surface area contributed by atoms with E-state index in [4.69, 9.17) is 21.6 Å². The Morgan fingerprint density at radius 3 is 1.63 bits per heavy atom. The minimum Gasteiger partial charge on any atom is -0.370 e. The van der Waals surface area contributed by atoms with E-state index < -0.39 is 0 Å². The SMILES string of the molecule is CCCCC1CN=C(c2ccc(NC(=O)c3ccc(C(=O)Nc4ccc(C5=NCC(CCCC)CN5)cc4)c(Cl)c3)cc2)NC1.Cl. The molecule has 2 amide bonds. The summed E-state index contributed by atoms with van der Waals surface area (Å²) in [6.07, 6.45) is 7.27. The van der Waals surface area contributed by atoms with Crippen LogP contribution in [-0.2, 0) is 0 Å². The van der Waals surface area contributed by atoms with Gasteiger partial charge in [0.05, 0.1) is 10.6 Å². The van der Waals surface area contributed by atoms with Gasteiger partial charge >= 0.3 is 0 Å².